The third-order valence-corrected chi connectivity index (χ3v) is 2.04. The number of carboxylic acids is 8. The van der Waals surface area contributed by atoms with Gasteiger partial charge in [-0.3, -0.25) is 43.2 Å². The second-order valence-corrected chi connectivity index (χ2v) is 7.47. The van der Waals surface area contributed by atoms with Crippen molar-refractivity contribution in [3.05, 3.63) is 0 Å². The van der Waals surface area contributed by atoms with Crippen LogP contribution in [0.4, 0.5) is 0 Å². The maximum Gasteiger partial charge on any atom is 0.305 e. The van der Waals surface area contributed by atoms with Crippen LogP contribution in [-0.4, -0.2) is 101 Å². The molecule has 0 radical (unpaired) electrons. The molecule has 0 saturated heterocycles. The van der Waals surface area contributed by atoms with Gasteiger partial charge in [0, 0.05) is 61.8 Å². The van der Waals surface area contributed by atoms with Crippen LogP contribution in [-0.2, 0) is 47.9 Å². The van der Waals surface area contributed by atoms with Gasteiger partial charge in [-0.05, 0) is 13.3 Å². The number of unbranched alkanes of at least 4 members (excludes halogenated alkanes) is 5. The summed E-state index contributed by atoms with van der Waals surface area (Å²) in [7, 11) is 0. The van der Waals surface area contributed by atoms with Crippen LogP contribution < -0.4 is 0 Å². The summed E-state index contributed by atoms with van der Waals surface area (Å²) >= 11 is 0. The zero-order valence-corrected chi connectivity index (χ0v) is 27.8. The van der Waals surface area contributed by atoms with Gasteiger partial charge in [0.15, 0.2) is 0 Å². The maximum atomic E-state index is 10.9. The third kappa shape index (κ3) is 1400. The molecule has 0 atom stereocenters. The molecule has 0 amide bonds. The minimum atomic E-state index is -0.833. The lowest BCUT2D eigenvalue weighted by Crippen LogP contribution is -2.03. The van der Waals surface area contributed by atoms with Gasteiger partial charge in [0.05, 0.1) is 6.61 Å². The van der Waals surface area contributed by atoms with E-state index in [0.717, 1.165) is 61.8 Å². The van der Waals surface area contributed by atoms with E-state index in [1.54, 1.807) is 0 Å². The van der Waals surface area contributed by atoms with Crippen molar-refractivity contribution in [1.29, 1.82) is 0 Å². The Labute approximate surface area is 263 Å². The van der Waals surface area contributed by atoms with Crippen LogP contribution in [0.25, 0.3) is 0 Å². The number of ether oxygens (including phenoxy) is 1. The average molecular weight is 667 g/mol. The molecule has 18 nitrogen and oxygen atoms in total. The van der Waals surface area contributed by atoms with Crippen molar-refractivity contribution in [1.82, 2.24) is 0 Å². The van der Waals surface area contributed by atoms with Gasteiger partial charge in [-0.15, -0.1) is 0 Å². The van der Waals surface area contributed by atoms with Crippen LogP contribution in [0.15, 0.2) is 0 Å². The monoisotopic (exact) mass is 666 g/mol. The van der Waals surface area contributed by atoms with E-state index < -0.39 is 47.8 Å². The number of carbonyl (C=O) groups is 9. The minimum Gasteiger partial charge on any atom is -0.481 e. The standard InChI is InChI=1S/C11H22O2.8C2H4O2/c1-3-5-6-7-8-9-10-11(12)13-4-2;8*1-2(3)4/h3-10H2,1-2H3;8*1H3,(H,3,4). The lowest BCUT2D eigenvalue weighted by atomic mass is 10.1. The molecule has 0 fully saturated rings. The van der Waals surface area contributed by atoms with Gasteiger partial charge < -0.3 is 45.6 Å². The highest BCUT2D eigenvalue weighted by atomic mass is 16.5. The Hall–Kier alpha value is -4.77. The topological polar surface area (TPSA) is 325 Å². The Morgan fingerprint density at radius 1 is 0.378 bits per heavy atom. The van der Waals surface area contributed by atoms with Crippen molar-refractivity contribution in [3.8, 4) is 0 Å². The number of aliphatic carboxylic acids is 8. The summed E-state index contributed by atoms with van der Waals surface area (Å²) in [6, 6.07) is 0. The Balaban J connectivity index is -0.0000000494. The zero-order chi connectivity index (χ0) is 38.6. The van der Waals surface area contributed by atoms with Gasteiger partial charge in [-0.1, -0.05) is 39.0 Å². The number of hydrogen-bond donors (Lipinski definition) is 8. The summed E-state index contributed by atoms with van der Waals surface area (Å²) in [4.78, 5) is 82.9. The van der Waals surface area contributed by atoms with E-state index in [4.69, 9.17) is 83.9 Å². The first kappa shape index (κ1) is 63.5. The number of carboxylic acid groups (broad SMARTS) is 8. The van der Waals surface area contributed by atoms with E-state index in [1.165, 1.54) is 32.1 Å². The summed E-state index contributed by atoms with van der Waals surface area (Å²) < 4.78 is 4.83. The molecule has 45 heavy (non-hydrogen) atoms. The highest BCUT2D eigenvalue weighted by Gasteiger charge is 1.99. The quantitative estimate of drug-likeness (QED) is 0.134. The molecule has 0 heterocycles. The summed E-state index contributed by atoms with van der Waals surface area (Å²) in [6.45, 7) is 13.2. The maximum absolute atomic E-state index is 10.9. The van der Waals surface area contributed by atoms with Crippen LogP contribution >= 0.6 is 0 Å². The van der Waals surface area contributed by atoms with E-state index in [9.17, 15) is 4.79 Å². The van der Waals surface area contributed by atoms with E-state index in [-0.39, 0.29) is 5.97 Å². The highest BCUT2D eigenvalue weighted by Crippen LogP contribution is 2.07. The predicted molar refractivity (Wildman–Crippen MR) is 161 cm³/mol. The van der Waals surface area contributed by atoms with Gasteiger partial charge in [-0.25, -0.2) is 0 Å². The molecule has 0 aliphatic carbocycles. The van der Waals surface area contributed by atoms with Crippen LogP contribution in [0.3, 0.4) is 0 Å². The number of carbonyl (C=O) groups excluding carboxylic acids is 1. The first-order valence-electron chi connectivity index (χ1n) is 12.9. The predicted octanol–water partition coefficient (Wildman–Crippen LogP) is 4.03. The fourth-order valence-corrected chi connectivity index (χ4v) is 1.28. The van der Waals surface area contributed by atoms with Gasteiger partial charge in [0.25, 0.3) is 47.8 Å². The summed E-state index contributed by atoms with van der Waals surface area (Å²) in [5.74, 6) is -6.71. The van der Waals surface area contributed by atoms with E-state index >= 15 is 0 Å². The molecule has 0 saturated carbocycles. The normalized spacial score (nSPS) is 7.33. The van der Waals surface area contributed by atoms with Crippen molar-refractivity contribution < 1.29 is 88.7 Å². The van der Waals surface area contributed by atoms with Crippen molar-refractivity contribution in [2.24, 2.45) is 0 Å². The molecule has 0 aromatic rings. The molecule has 0 unspecified atom stereocenters. The molecule has 0 aromatic heterocycles. The molecule has 0 aromatic carbocycles. The molecule has 18 heteroatoms. The van der Waals surface area contributed by atoms with E-state index in [2.05, 4.69) is 6.92 Å². The molecular weight excluding hydrogens is 612 g/mol. The number of esters is 1. The molecule has 0 aliphatic rings. The molecule has 270 valence electrons. The van der Waals surface area contributed by atoms with Crippen LogP contribution in [0.2, 0.25) is 0 Å². The van der Waals surface area contributed by atoms with Crippen molar-refractivity contribution in [2.75, 3.05) is 6.61 Å². The average Bonchev–Trinajstić information content (AvgIpc) is 2.73. The Morgan fingerprint density at radius 2 is 0.556 bits per heavy atom. The first-order chi connectivity index (χ1) is 20.2. The lowest BCUT2D eigenvalue weighted by Gasteiger charge is -2.01. The summed E-state index contributed by atoms with van der Waals surface area (Å²) in [6.07, 6.45) is 7.91. The molecule has 0 bridgehead atoms. The second kappa shape index (κ2) is 58.8. The molecule has 0 rings (SSSR count). The SMILES string of the molecule is CC(=O)O.CC(=O)O.CC(=O)O.CC(=O)O.CC(=O)O.CC(=O)O.CC(=O)O.CC(=O)O.CCCCCCCCC(=O)OCC. The summed E-state index contributed by atoms with van der Waals surface area (Å²) in [5, 5.41) is 59.3. The van der Waals surface area contributed by atoms with Crippen LogP contribution in [0.5, 0.6) is 0 Å². The summed E-state index contributed by atoms with van der Waals surface area (Å²) in [5.41, 5.74) is 0. The largest absolute Gasteiger partial charge is 0.481 e. The number of hydrogen-bond acceptors (Lipinski definition) is 10. The van der Waals surface area contributed by atoms with Gasteiger partial charge in [-0.2, -0.15) is 0 Å². The minimum absolute atomic E-state index is 0.0435. The van der Waals surface area contributed by atoms with E-state index in [0.29, 0.717) is 13.0 Å². The van der Waals surface area contributed by atoms with E-state index in [1.807, 2.05) is 6.92 Å². The Morgan fingerprint density at radius 3 is 0.733 bits per heavy atom. The van der Waals surface area contributed by atoms with Crippen molar-refractivity contribution >= 4 is 53.7 Å². The van der Waals surface area contributed by atoms with Gasteiger partial charge in [0.2, 0.25) is 0 Å². The van der Waals surface area contributed by atoms with Crippen molar-refractivity contribution in [2.45, 2.75) is 114 Å². The fraction of sp³-hybridized carbons (Fsp3) is 0.667. The van der Waals surface area contributed by atoms with Crippen LogP contribution in [0.1, 0.15) is 114 Å². The van der Waals surface area contributed by atoms with Crippen molar-refractivity contribution in [3.63, 3.8) is 0 Å². The molecule has 0 spiro atoms. The number of rotatable bonds is 8. The zero-order valence-electron chi connectivity index (χ0n) is 27.8. The Kier molecular flexibility index (Phi) is 82.9. The molecule has 8 N–H and O–H groups in total. The third-order valence-electron chi connectivity index (χ3n) is 2.04. The van der Waals surface area contributed by atoms with Gasteiger partial charge >= 0.3 is 5.97 Å². The van der Waals surface area contributed by atoms with Gasteiger partial charge in [0.1, 0.15) is 0 Å². The Bertz CT molecular complexity index is 585. The molecular formula is C27H54O18. The second-order valence-electron chi connectivity index (χ2n) is 7.47. The fourth-order valence-electron chi connectivity index (χ4n) is 1.28. The van der Waals surface area contributed by atoms with Crippen LogP contribution in [0, 0.1) is 0 Å². The highest BCUT2D eigenvalue weighted by molar-refractivity contribution is 5.69. The molecule has 0 aliphatic heterocycles. The lowest BCUT2D eigenvalue weighted by molar-refractivity contribution is -0.143. The smallest absolute Gasteiger partial charge is 0.305 e. The first-order valence-corrected chi connectivity index (χ1v) is 12.9.